The van der Waals surface area contributed by atoms with E-state index in [2.05, 4.69) is 67.4 Å². The summed E-state index contributed by atoms with van der Waals surface area (Å²) in [4.78, 5) is 2.30. The van der Waals surface area contributed by atoms with Crippen LogP contribution in [0.3, 0.4) is 0 Å². The number of hydrogen-bond donors (Lipinski definition) is 0. The van der Waals surface area contributed by atoms with E-state index in [1.165, 1.54) is 11.1 Å². The van der Waals surface area contributed by atoms with Crippen molar-refractivity contribution in [1.29, 1.82) is 0 Å². The van der Waals surface area contributed by atoms with Gasteiger partial charge in [-0.3, -0.25) is 4.90 Å². The van der Waals surface area contributed by atoms with Crippen LogP contribution >= 0.6 is 0 Å². The van der Waals surface area contributed by atoms with Crippen LogP contribution in [0.1, 0.15) is 30.4 Å². The first kappa shape index (κ1) is 12.4. The number of hydrogen-bond acceptors (Lipinski definition) is 2. The standard InChI is InChI=1S/C17H19NO/c1-13-16(14-9-5-3-6-10-14)19-17(18(13)2)15-11-7-4-8-12-15/h3-13,16-17H,1-2H3/t13-,16-,17+/m1/s1. The molecule has 2 aromatic rings. The van der Waals surface area contributed by atoms with Gasteiger partial charge in [-0.25, -0.2) is 0 Å². The van der Waals surface area contributed by atoms with Crippen LogP contribution in [0.5, 0.6) is 0 Å². The minimum atomic E-state index is 0.0430. The first-order chi connectivity index (χ1) is 9.27. The van der Waals surface area contributed by atoms with Crippen LogP contribution < -0.4 is 0 Å². The van der Waals surface area contributed by atoms with Gasteiger partial charge in [0.2, 0.25) is 0 Å². The highest BCUT2D eigenvalue weighted by Crippen LogP contribution is 2.40. The molecule has 0 unspecified atom stereocenters. The second-order valence-electron chi connectivity index (χ2n) is 5.14. The smallest absolute Gasteiger partial charge is 0.137 e. The average molecular weight is 253 g/mol. The third kappa shape index (κ3) is 2.29. The van der Waals surface area contributed by atoms with Gasteiger partial charge in [-0.05, 0) is 25.1 Å². The van der Waals surface area contributed by atoms with E-state index in [1.807, 2.05) is 12.1 Å². The van der Waals surface area contributed by atoms with Gasteiger partial charge in [-0.1, -0.05) is 60.7 Å². The molecule has 0 N–H and O–H groups in total. The maximum Gasteiger partial charge on any atom is 0.137 e. The third-order valence-corrected chi connectivity index (χ3v) is 3.94. The molecule has 0 aliphatic carbocycles. The fourth-order valence-corrected chi connectivity index (χ4v) is 2.71. The Bertz CT molecular complexity index is 476. The fourth-order valence-electron chi connectivity index (χ4n) is 2.71. The van der Waals surface area contributed by atoms with Gasteiger partial charge in [0.05, 0.1) is 0 Å². The predicted molar refractivity (Wildman–Crippen MR) is 76.7 cm³/mol. The summed E-state index contributed by atoms with van der Waals surface area (Å²) >= 11 is 0. The molecular weight excluding hydrogens is 234 g/mol. The Morgan fingerprint density at radius 2 is 1.37 bits per heavy atom. The van der Waals surface area contributed by atoms with Crippen LogP contribution in [-0.2, 0) is 4.74 Å². The normalized spacial score (nSPS) is 27.6. The molecule has 1 fully saturated rings. The molecule has 1 aliphatic rings. The summed E-state index contributed by atoms with van der Waals surface area (Å²) in [5.74, 6) is 0. The Morgan fingerprint density at radius 1 is 0.842 bits per heavy atom. The highest BCUT2D eigenvalue weighted by Gasteiger charge is 2.38. The Kier molecular flexibility index (Phi) is 3.36. The number of likely N-dealkylation sites (N-methyl/N-ethyl adjacent to an activating group) is 1. The van der Waals surface area contributed by atoms with Crippen molar-refractivity contribution in [3.8, 4) is 0 Å². The molecule has 0 aromatic heterocycles. The van der Waals surface area contributed by atoms with Gasteiger partial charge in [0, 0.05) is 6.04 Å². The van der Waals surface area contributed by atoms with Crippen LogP contribution in [0.25, 0.3) is 0 Å². The lowest BCUT2D eigenvalue weighted by atomic mass is 10.0. The molecule has 19 heavy (non-hydrogen) atoms. The van der Waals surface area contributed by atoms with E-state index in [4.69, 9.17) is 4.74 Å². The van der Waals surface area contributed by atoms with Crippen molar-refractivity contribution in [2.75, 3.05) is 7.05 Å². The number of rotatable bonds is 2. The van der Waals surface area contributed by atoms with Gasteiger partial charge >= 0.3 is 0 Å². The molecule has 3 atom stereocenters. The molecule has 1 aliphatic heterocycles. The SMILES string of the molecule is C[C@@H]1[C@H](c2ccccc2)O[C@@H](c2ccccc2)N1C. The maximum atomic E-state index is 6.28. The van der Waals surface area contributed by atoms with E-state index < -0.39 is 0 Å². The monoisotopic (exact) mass is 253 g/mol. The summed E-state index contributed by atoms with van der Waals surface area (Å²) in [7, 11) is 2.13. The number of benzene rings is 2. The quantitative estimate of drug-likeness (QED) is 0.807. The third-order valence-electron chi connectivity index (χ3n) is 3.94. The van der Waals surface area contributed by atoms with Crippen LogP contribution in [-0.4, -0.2) is 18.0 Å². The van der Waals surface area contributed by atoms with Crippen molar-refractivity contribution in [1.82, 2.24) is 4.90 Å². The van der Waals surface area contributed by atoms with Gasteiger partial charge in [0.15, 0.2) is 0 Å². The van der Waals surface area contributed by atoms with Crippen LogP contribution in [0.4, 0.5) is 0 Å². The Balaban J connectivity index is 1.88. The molecule has 0 radical (unpaired) electrons. The minimum absolute atomic E-state index is 0.0430. The molecule has 0 saturated carbocycles. The number of nitrogens with zero attached hydrogens (tertiary/aromatic N) is 1. The number of ether oxygens (including phenoxy) is 1. The van der Waals surface area contributed by atoms with Gasteiger partial charge < -0.3 is 4.74 Å². The van der Waals surface area contributed by atoms with Gasteiger partial charge in [0.25, 0.3) is 0 Å². The predicted octanol–water partition coefficient (Wildman–Crippen LogP) is 3.78. The molecule has 2 aromatic carbocycles. The van der Waals surface area contributed by atoms with E-state index in [-0.39, 0.29) is 12.3 Å². The molecule has 1 heterocycles. The van der Waals surface area contributed by atoms with Crippen molar-refractivity contribution in [2.45, 2.75) is 25.3 Å². The lowest BCUT2D eigenvalue weighted by Crippen LogP contribution is -2.27. The Morgan fingerprint density at radius 3 is 1.95 bits per heavy atom. The highest BCUT2D eigenvalue weighted by molar-refractivity contribution is 5.23. The summed E-state index contributed by atoms with van der Waals surface area (Å²) in [6, 6.07) is 21.3. The first-order valence-electron chi connectivity index (χ1n) is 6.74. The maximum absolute atomic E-state index is 6.28. The van der Waals surface area contributed by atoms with Crippen molar-refractivity contribution in [2.24, 2.45) is 0 Å². The van der Waals surface area contributed by atoms with E-state index in [9.17, 15) is 0 Å². The fraction of sp³-hybridized carbons (Fsp3) is 0.294. The van der Waals surface area contributed by atoms with Gasteiger partial charge in [-0.2, -0.15) is 0 Å². The zero-order valence-corrected chi connectivity index (χ0v) is 11.4. The summed E-state index contributed by atoms with van der Waals surface area (Å²) in [6.07, 6.45) is 0.179. The molecule has 0 amide bonds. The van der Waals surface area contributed by atoms with Crippen LogP contribution in [0.15, 0.2) is 60.7 Å². The summed E-state index contributed by atoms with van der Waals surface area (Å²) < 4.78 is 6.28. The molecule has 0 spiro atoms. The van der Waals surface area contributed by atoms with Crippen molar-refractivity contribution >= 4 is 0 Å². The lowest BCUT2D eigenvalue weighted by Gasteiger charge is -2.21. The van der Waals surface area contributed by atoms with Crippen molar-refractivity contribution in [3.63, 3.8) is 0 Å². The van der Waals surface area contributed by atoms with Gasteiger partial charge in [0.1, 0.15) is 12.3 Å². The summed E-state index contributed by atoms with van der Waals surface area (Å²) in [5.41, 5.74) is 2.47. The minimum Gasteiger partial charge on any atom is -0.349 e. The Hall–Kier alpha value is -1.64. The topological polar surface area (TPSA) is 12.5 Å². The first-order valence-corrected chi connectivity index (χ1v) is 6.74. The molecule has 0 bridgehead atoms. The zero-order chi connectivity index (χ0) is 13.2. The summed E-state index contributed by atoms with van der Waals surface area (Å²) in [5, 5.41) is 0. The molecule has 3 rings (SSSR count). The highest BCUT2D eigenvalue weighted by atomic mass is 16.5. The van der Waals surface area contributed by atoms with Crippen molar-refractivity contribution in [3.05, 3.63) is 71.8 Å². The second-order valence-corrected chi connectivity index (χ2v) is 5.14. The van der Waals surface area contributed by atoms with Crippen LogP contribution in [0, 0.1) is 0 Å². The molecular formula is C17H19NO. The second kappa shape index (κ2) is 5.16. The van der Waals surface area contributed by atoms with Crippen molar-refractivity contribution < 1.29 is 4.74 Å². The molecule has 2 nitrogen and oxygen atoms in total. The average Bonchev–Trinajstić information content (AvgIpc) is 2.77. The van der Waals surface area contributed by atoms with Gasteiger partial charge in [-0.15, -0.1) is 0 Å². The summed E-state index contributed by atoms with van der Waals surface area (Å²) in [6.45, 7) is 2.22. The van der Waals surface area contributed by atoms with E-state index in [0.717, 1.165) is 0 Å². The molecule has 2 heteroatoms. The van der Waals surface area contributed by atoms with E-state index in [0.29, 0.717) is 6.04 Å². The van der Waals surface area contributed by atoms with E-state index >= 15 is 0 Å². The zero-order valence-electron chi connectivity index (χ0n) is 11.4. The van der Waals surface area contributed by atoms with Crippen LogP contribution in [0.2, 0.25) is 0 Å². The Labute approximate surface area is 114 Å². The molecule has 1 saturated heterocycles. The largest absolute Gasteiger partial charge is 0.349 e. The van der Waals surface area contributed by atoms with E-state index in [1.54, 1.807) is 0 Å². The lowest BCUT2D eigenvalue weighted by molar-refractivity contribution is 0.00560. The molecule has 98 valence electrons.